The number of ether oxygens (including phenoxy) is 1. The van der Waals surface area contributed by atoms with Crippen LogP contribution in [0.5, 0.6) is 0 Å². The zero-order chi connectivity index (χ0) is 10.1. The van der Waals surface area contributed by atoms with Crippen molar-refractivity contribution < 1.29 is 9.84 Å². The average Bonchev–Trinajstić information content (AvgIpc) is 2.10. The summed E-state index contributed by atoms with van der Waals surface area (Å²) in [7, 11) is 0. The van der Waals surface area contributed by atoms with Gasteiger partial charge >= 0.3 is 0 Å². The molecule has 0 rings (SSSR count). The van der Waals surface area contributed by atoms with Crippen LogP contribution in [0.2, 0.25) is 0 Å². The highest BCUT2D eigenvalue weighted by atomic mass is 16.5. The van der Waals surface area contributed by atoms with Gasteiger partial charge in [0.2, 0.25) is 0 Å². The van der Waals surface area contributed by atoms with Gasteiger partial charge in [-0.3, -0.25) is 4.90 Å². The van der Waals surface area contributed by atoms with Crippen molar-refractivity contribution >= 4 is 0 Å². The largest absolute Gasteiger partial charge is 0.395 e. The number of hydrogen-bond acceptors (Lipinski definition) is 3. The van der Waals surface area contributed by atoms with Gasteiger partial charge in [-0.25, -0.2) is 0 Å². The Hall–Kier alpha value is -0.120. The predicted octanol–water partition coefficient (Wildman–Crippen LogP) is 1.12. The van der Waals surface area contributed by atoms with Crippen LogP contribution < -0.4 is 0 Å². The van der Waals surface area contributed by atoms with Crippen molar-refractivity contribution in [2.75, 3.05) is 32.9 Å². The van der Waals surface area contributed by atoms with Crippen LogP contribution in [0.25, 0.3) is 0 Å². The summed E-state index contributed by atoms with van der Waals surface area (Å²) < 4.78 is 5.39. The second-order valence-corrected chi connectivity index (χ2v) is 3.47. The molecule has 0 saturated heterocycles. The van der Waals surface area contributed by atoms with Crippen LogP contribution in [0.3, 0.4) is 0 Å². The summed E-state index contributed by atoms with van der Waals surface area (Å²) in [6, 6.07) is 0.484. The van der Waals surface area contributed by atoms with Crippen molar-refractivity contribution in [2.45, 2.75) is 33.2 Å². The molecular formula is C10H23NO2. The van der Waals surface area contributed by atoms with Crippen molar-refractivity contribution in [3.8, 4) is 0 Å². The average molecular weight is 189 g/mol. The highest BCUT2D eigenvalue weighted by molar-refractivity contribution is 4.61. The molecule has 0 saturated carbocycles. The fraction of sp³-hybridized carbons (Fsp3) is 1.00. The van der Waals surface area contributed by atoms with E-state index in [-0.39, 0.29) is 6.61 Å². The van der Waals surface area contributed by atoms with Gasteiger partial charge in [-0.15, -0.1) is 0 Å². The first-order chi connectivity index (χ1) is 6.22. The number of aliphatic hydroxyl groups excluding tert-OH is 1. The molecule has 0 heterocycles. The maximum absolute atomic E-state index is 8.81. The molecule has 13 heavy (non-hydrogen) atoms. The van der Waals surface area contributed by atoms with Gasteiger partial charge in [0.15, 0.2) is 0 Å². The van der Waals surface area contributed by atoms with Gasteiger partial charge in [-0.2, -0.15) is 0 Å². The van der Waals surface area contributed by atoms with Gasteiger partial charge in [-0.05, 0) is 20.3 Å². The maximum Gasteiger partial charge on any atom is 0.0593 e. The second-order valence-electron chi connectivity index (χ2n) is 3.47. The van der Waals surface area contributed by atoms with E-state index in [0.29, 0.717) is 6.04 Å². The third-order valence-electron chi connectivity index (χ3n) is 1.99. The van der Waals surface area contributed by atoms with Crippen LogP contribution in [-0.2, 0) is 4.74 Å². The van der Waals surface area contributed by atoms with E-state index in [2.05, 4.69) is 25.7 Å². The first-order valence-corrected chi connectivity index (χ1v) is 5.15. The van der Waals surface area contributed by atoms with Crippen molar-refractivity contribution in [2.24, 2.45) is 0 Å². The van der Waals surface area contributed by atoms with E-state index in [1.54, 1.807) is 0 Å². The summed E-state index contributed by atoms with van der Waals surface area (Å²) in [5.41, 5.74) is 0. The number of nitrogens with zero attached hydrogens (tertiary/aromatic N) is 1. The van der Waals surface area contributed by atoms with E-state index in [0.717, 1.165) is 32.7 Å². The highest BCUT2D eigenvalue weighted by Crippen LogP contribution is 1.96. The first kappa shape index (κ1) is 12.9. The van der Waals surface area contributed by atoms with Crippen molar-refractivity contribution in [3.05, 3.63) is 0 Å². The number of rotatable bonds is 8. The van der Waals surface area contributed by atoms with Crippen LogP contribution in [0.15, 0.2) is 0 Å². The Kier molecular flexibility index (Phi) is 8.40. The first-order valence-electron chi connectivity index (χ1n) is 5.15. The minimum absolute atomic E-state index is 0.228. The molecule has 0 atom stereocenters. The molecule has 0 aromatic heterocycles. The molecule has 0 bridgehead atoms. The van der Waals surface area contributed by atoms with Crippen LogP contribution in [0.4, 0.5) is 0 Å². The lowest BCUT2D eigenvalue weighted by atomic mass is 10.3. The lowest BCUT2D eigenvalue weighted by Gasteiger charge is -2.25. The summed E-state index contributed by atoms with van der Waals surface area (Å²) in [6.07, 6.45) is 1.07. The van der Waals surface area contributed by atoms with Gasteiger partial charge in [0.1, 0.15) is 0 Å². The predicted molar refractivity (Wildman–Crippen MR) is 54.9 cm³/mol. The van der Waals surface area contributed by atoms with E-state index in [1.165, 1.54) is 0 Å². The molecule has 0 aromatic rings. The molecule has 0 fully saturated rings. The van der Waals surface area contributed by atoms with E-state index < -0.39 is 0 Å². The molecule has 80 valence electrons. The molecule has 0 aromatic carbocycles. The Bertz CT molecular complexity index is 107. The molecule has 3 nitrogen and oxygen atoms in total. The second kappa shape index (κ2) is 8.48. The monoisotopic (exact) mass is 189 g/mol. The van der Waals surface area contributed by atoms with Crippen LogP contribution in [0, 0.1) is 0 Å². The van der Waals surface area contributed by atoms with E-state index in [1.807, 2.05) is 0 Å². The molecule has 3 heteroatoms. The Morgan fingerprint density at radius 2 is 1.92 bits per heavy atom. The van der Waals surface area contributed by atoms with Gasteiger partial charge in [0.25, 0.3) is 0 Å². The Morgan fingerprint density at radius 1 is 1.23 bits per heavy atom. The molecule has 1 N–H and O–H groups in total. The molecule has 0 aliphatic heterocycles. The Labute approximate surface area is 81.7 Å². The molecule has 0 aliphatic carbocycles. The summed E-state index contributed by atoms with van der Waals surface area (Å²) in [4.78, 5) is 2.22. The molecule has 0 unspecified atom stereocenters. The fourth-order valence-electron chi connectivity index (χ4n) is 1.18. The van der Waals surface area contributed by atoms with Gasteiger partial charge in [-0.1, -0.05) is 6.92 Å². The molecule has 0 radical (unpaired) electrons. The minimum Gasteiger partial charge on any atom is -0.395 e. The molecule has 0 amide bonds. The third-order valence-corrected chi connectivity index (χ3v) is 1.99. The Balaban J connectivity index is 3.45. The molecule has 0 aliphatic rings. The van der Waals surface area contributed by atoms with Crippen molar-refractivity contribution in [1.29, 1.82) is 0 Å². The topological polar surface area (TPSA) is 32.7 Å². The van der Waals surface area contributed by atoms with Crippen LogP contribution >= 0.6 is 0 Å². The number of aliphatic hydroxyl groups is 1. The third kappa shape index (κ3) is 6.99. The zero-order valence-electron chi connectivity index (χ0n) is 9.12. The van der Waals surface area contributed by atoms with Crippen molar-refractivity contribution in [3.63, 3.8) is 0 Å². The van der Waals surface area contributed by atoms with E-state index in [9.17, 15) is 0 Å². The summed E-state index contributed by atoms with van der Waals surface area (Å²) in [6.45, 7) is 9.87. The van der Waals surface area contributed by atoms with Gasteiger partial charge in [0, 0.05) is 25.7 Å². The summed E-state index contributed by atoms with van der Waals surface area (Å²) >= 11 is 0. The van der Waals surface area contributed by atoms with Crippen LogP contribution in [-0.4, -0.2) is 49.0 Å². The number of hydrogen-bond donors (Lipinski definition) is 1. The fourth-order valence-corrected chi connectivity index (χ4v) is 1.18. The maximum atomic E-state index is 8.81. The Morgan fingerprint density at radius 3 is 2.38 bits per heavy atom. The van der Waals surface area contributed by atoms with Gasteiger partial charge in [0.05, 0.1) is 13.2 Å². The lowest BCUT2D eigenvalue weighted by Crippen LogP contribution is -2.36. The normalized spacial score (nSPS) is 11.5. The van der Waals surface area contributed by atoms with E-state index in [4.69, 9.17) is 9.84 Å². The smallest absolute Gasteiger partial charge is 0.0593 e. The summed E-state index contributed by atoms with van der Waals surface area (Å²) in [5.74, 6) is 0. The molecule has 0 spiro atoms. The standard InChI is InChI=1S/C10H23NO2/c1-4-8-13-9-6-11(5-7-12)10(2)3/h10,12H,4-9H2,1-3H3. The minimum atomic E-state index is 0.228. The van der Waals surface area contributed by atoms with Crippen molar-refractivity contribution in [1.82, 2.24) is 4.90 Å². The molecular weight excluding hydrogens is 166 g/mol. The lowest BCUT2D eigenvalue weighted by molar-refractivity contribution is 0.0834. The van der Waals surface area contributed by atoms with Gasteiger partial charge < -0.3 is 9.84 Å². The quantitative estimate of drug-likeness (QED) is 0.581. The SMILES string of the molecule is CCCOCCN(CCO)C(C)C. The van der Waals surface area contributed by atoms with E-state index >= 15 is 0 Å². The van der Waals surface area contributed by atoms with Crippen LogP contribution in [0.1, 0.15) is 27.2 Å². The highest BCUT2D eigenvalue weighted by Gasteiger charge is 2.07. The zero-order valence-corrected chi connectivity index (χ0v) is 9.12. The summed E-state index contributed by atoms with van der Waals surface area (Å²) in [5, 5.41) is 8.81.